The van der Waals surface area contributed by atoms with Crippen molar-refractivity contribution < 1.29 is 30.5 Å². The topological polar surface area (TPSA) is 52.6 Å². The van der Waals surface area contributed by atoms with Crippen molar-refractivity contribution in [2.24, 2.45) is 5.41 Å². The predicted octanol–water partition coefficient (Wildman–Crippen LogP) is 5.09. The molecular formula is C21H19F3O4S. The Morgan fingerprint density at radius 1 is 0.966 bits per heavy atom. The molecule has 0 N–H and O–H groups in total. The lowest BCUT2D eigenvalue weighted by Crippen LogP contribution is -2.30. The third-order valence-corrected chi connectivity index (χ3v) is 5.79. The van der Waals surface area contributed by atoms with Gasteiger partial charge in [-0.3, -0.25) is 0 Å². The van der Waals surface area contributed by atoms with Gasteiger partial charge in [-0.15, -0.1) is 0 Å². The number of halogens is 3. The van der Waals surface area contributed by atoms with Gasteiger partial charge in [0.05, 0.1) is 12.5 Å². The zero-order valence-electron chi connectivity index (χ0n) is 15.7. The molecule has 4 nitrogen and oxygen atoms in total. The van der Waals surface area contributed by atoms with Crippen LogP contribution in [0.2, 0.25) is 0 Å². The molecule has 0 radical (unpaired) electrons. The summed E-state index contributed by atoms with van der Waals surface area (Å²) in [5, 5.41) is 0. The van der Waals surface area contributed by atoms with Gasteiger partial charge in [0.25, 0.3) is 0 Å². The van der Waals surface area contributed by atoms with Crippen molar-refractivity contribution in [1.82, 2.24) is 0 Å². The highest BCUT2D eigenvalue weighted by Gasteiger charge is 2.51. The molecule has 1 unspecified atom stereocenters. The van der Waals surface area contributed by atoms with E-state index < -0.39 is 21.0 Å². The second-order valence-electron chi connectivity index (χ2n) is 6.82. The Hall–Kier alpha value is -2.74. The van der Waals surface area contributed by atoms with E-state index in [-0.39, 0.29) is 12.2 Å². The lowest BCUT2D eigenvalue weighted by Gasteiger charge is -2.31. The standard InChI is InChI=1S/C21H19F3O4S/c1-20(14-15-6-4-3-5-7-15)18(16-8-10-17(27-2)11-9-16)12-13-19(20)28-29(25,26)21(22,23)24/h3-13H,14H2,1-2H3. The van der Waals surface area contributed by atoms with Gasteiger partial charge in [-0.2, -0.15) is 21.6 Å². The molecule has 0 saturated carbocycles. The highest BCUT2D eigenvalue weighted by atomic mass is 32.2. The third kappa shape index (κ3) is 4.17. The van der Waals surface area contributed by atoms with Crippen molar-refractivity contribution in [3.05, 3.63) is 83.6 Å². The molecule has 1 aliphatic carbocycles. The Balaban J connectivity index is 2.01. The van der Waals surface area contributed by atoms with Crippen LogP contribution in [0, 0.1) is 5.41 Å². The van der Waals surface area contributed by atoms with Gasteiger partial charge in [-0.1, -0.05) is 48.5 Å². The van der Waals surface area contributed by atoms with Crippen molar-refractivity contribution in [3.63, 3.8) is 0 Å². The van der Waals surface area contributed by atoms with Crippen LogP contribution in [0.5, 0.6) is 5.75 Å². The van der Waals surface area contributed by atoms with Gasteiger partial charge in [0.1, 0.15) is 11.5 Å². The van der Waals surface area contributed by atoms with Crippen molar-refractivity contribution in [2.75, 3.05) is 7.11 Å². The molecule has 0 fully saturated rings. The number of ether oxygens (including phenoxy) is 1. The second-order valence-corrected chi connectivity index (χ2v) is 8.36. The van der Waals surface area contributed by atoms with E-state index in [1.807, 2.05) is 18.2 Å². The minimum Gasteiger partial charge on any atom is -0.497 e. The molecular weight excluding hydrogens is 405 g/mol. The summed E-state index contributed by atoms with van der Waals surface area (Å²) in [6, 6.07) is 16.1. The zero-order chi connectivity index (χ0) is 21.3. The Morgan fingerprint density at radius 2 is 1.59 bits per heavy atom. The van der Waals surface area contributed by atoms with Gasteiger partial charge in [-0.25, -0.2) is 0 Å². The first kappa shape index (κ1) is 21.0. The molecule has 2 aromatic carbocycles. The van der Waals surface area contributed by atoms with Crippen LogP contribution in [-0.4, -0.2) is 21.0 Å². The summed E-state index contributed by atoms with van der Waals surface area (Å²) >= 11 is 0. The normalized spacial score (nSPS) is 19.5. The fourth-order valence-electron chi connectivity index (χ4n) is 3.32. The summed E-state index contributed by atoms with van der Waals surface area (Å²) in [7, 11) is -4.26. The Morgan fingerprint density at radius 3 is 2.14 bits per heavy atom. The minimum absolute atomic E-state index is 0.255. The number of rotatable bonds is 6. The van der Waals surface area contributed by atoms with Crippen LogP contribution < -0.4 is 4.74 Å². The van der Waals surface area contributed by atoms with Gasteiger partial charge in [0, 0.05) is 0 Å². The van der Waals surface area contributed by atoms with E-state index in [0.717, 1.165) is 11.1 Å². The number of allylic oxidation sites excluding steroid dienone is 3. The second kappa shape index (κ2) is 7.59. The van der Waals surface area contributed by atoms with Crippen LogP contribution in [-0.2, 0) is 20.7 Å². The smallest absolute Gasteiger partial charge is 0.497 e. The first-order chi connectivity index (χ1) is 13.6. The summed E-state index contributed by atoms with van der Waals surface area (Å²) in [6.45, 7) is 1.67. The molecule has 29 heavy (non-hydrogen) atoms. The highest BCUT2D eigenvalue weighted by molar-refractivity contribution is 7.87. The maximum absolute atomic E-state index is 12.9. The number of methoxy groups -OCH3 is 1. The molecule has 0 bridgehead atoms. The van der Waals surface area contributed by atoms with Crippen LogP contribution in [0.25, 0.3) is 5.57 Å². The van der Waals surface area contributed by atoms with Gasteiger partial charge in [0.2, 0.25) is 0 Å². The lowest BCUT2D eigenvalue weighted by molar-refractivity contribution is -0.0528. The molecule has 1 aliphatic rings. The summed E-state index contributed by atoms with van der Waals surface area (Å²) < 4.78 is 71.7. The number of hydrogen-bond donors (Lipinski definition) is 0. The molecule has 0 aliphatic heterocycles. The molecule has 8 heteroatoms. The van der Waals surface area contributed by atoms with Crippen molar-refractivity contribution >= 4 is 15.7 Å². The quantitative estimate of drug-likeness (QED) is 0.479. The summed E-state index contributed by atoms with van der Waals surface area (Å²) in [6.07, 6.45) is 3.13. The number of alkyl halides is 3. The van der Waals surface area contributed by atoms with Crippen LogP contribution in [0.15, 0.2) is 72.5 Å². The Kier molecular flexibility index (Phi) is 5.49. The first-order valence-corrected chi connectivity index (χ1v) is 10.1. The molecule has 2 aromatic rings. The fraction of sp³-hybridized carbons (Fsp3) is 0.238. The fourth-order valence-corrected chi connectivity index (χ4v) is 3.89. The monoisotopic (exact) mass is 424 g/mol. The van der Waals surface area contributed by atoms with E-state index in [1.165, 1.54) is 13.2 Å². The predicted molar refractivity (Wildman–Crippen MR) is 103 cm³/mol. The van der Waals surface area contributed by atoms with E-state index in [1.54, 1.807) is 49.4 Å². The first-order valence-electron chi connectivity index (χ1n) is 8.69. The summed E-state index contributed by atoms with van der Waals surface area (Å²) in [5.41, 5.74) is -4.42. The molecule has 0 aromatic heterocycles. The van der Waals surface area contributed by atoms with Crippen LogP contribution in [0.3, 0.4) is 0 Å². The SMILES string of the molecule is COc1ccc(C2=CC=C(OS(=O)(=O)C(F)(F)F)C2(C)Cc2ccccc2)cc1. The number of hydrogen-bond acceptors (Lipinski definition) is 4. The molecule has 1 atom stereocenters. The summed E-state index contributed by atoms with van der Waals surface area (Å²) in [5.74, 6) is 0.352. The molecule has 3 rings (SSSR count). The molecule has 154 valence electrons. The van der Waals surface area contributed by atoms with Crippen LogP contribution in [0.1, 0.15) is 18.1 Å². The highest BCUT2D eigenvalue weighted by Crippen LogP contribution is 2.49. The van der Waals surface area contributed by atoms with Crippen molar-refractivity contribution in [2.45, 2.75) is 18.9 Å². The van der Waals surface area contributed by atoms with Gasteiger partial charge in [0.15, 0.2) is 0 Å². The maximum atomic E-state index is 12.9. The van der Waals surface area contributed by atoms with Crippen LogP contribution in [0.4, 0.5) is 13.2 Å². The van der Waals surface area contributed by atoms with E-state index >= 15 is 0 Å². The van der Waals surface area contributed by atoms with Gasteiger partial charge in [-0.05, 0) is 48.3 Å². The maximum Gasteiger partial charge on any atom is 0.534 e. The average Bonchev–Trinajstić information content (AvgIpc) is 2.97. The molecule has 0 amide bonds. The van der Waals surface area contributed by atoms with Crippen molar-refractivity contribution in [3.8, 4) is 5.75 Å². The Bertz CT molecular complexity index is 1040. The number of benzene rings is 2. The Labute approximate surface area is 167 Å². The van der Waals surface area contributed by atoms with Crippen molar-refractivity contribution in [1.29, 1.82) is 0 Å². The zero-order valence-corrected chi connectivity index (χ0v) is 16.5. The third-order valence-electron chi connectivity index (χ3n) is 4.82. The van der Waals surface area contributed by atoms with E-state index in [2.05, 4.69) is 4.18 Å². The lowest BCUT2D eigenvalue weighted by atomic mass is 9.75. The van der Waals surface area contributed by atoms with Gasteiger partial charge >= 0.3 is 15.6 Å². The van der Waals surface area contributed by atoms with E-state index in [9.17, 15) is 21.6 Å². The largest absolute Gasteiger partial charge is 0.534 e. The average molecular weight is 424 g/mol. The molecule has 0 heterocycles. The summed E-state index contributed by atoms with van der Waals surface area (Å²) in [4.78, 5) is 0. The van der Waals surface area contributed by atoms with Gasteiger partial charge < -0.3 is 8.92 Å². The van der Waals surface area contributed by atoms with E-state index in [0.29, 0.717) is 11.3 Å². The minimum atomic E-state index is -5.78. The van der Waals surface area contributed by atoms with E-state index in [4.69, 9.17) is 4.74 Å². The van der Waals surface area contributed by atoms with Crippen LogP contribution >= 0.6 is 0 Å². The molecule has 0 saturated heterocycles. The molecule has 0 spiro atoms.